The van der Waals surface area contributed by atoms with E-state index in [9.17, 15) is 0 Å². The monoisotopic (exact) mass is 498 g/mol. The molecular formula is C37H54. The van der Waals surface area contributed by atoms with Crippen molar-refractivity contribution >= 4 is 5.57 Å². The molecule has 0 spiro atoms. The smallest absolute Gasteiger partial charge is 0.0162 e. The van der Waals surface area contributed by atoms with Crippen LogP contribution in [0.2, 0.25) is 0 Å². The van der Waals surface area contributed by atoms with E-state index in [2.05, 4.69) is 68.5 Å². The van der Waals surface area contributed by atoms with Gasteiger partial charge in [0.05, 0.1) is 0 Å². The summed E-state index contributed by atoms with van der Waals surface area (Å²) in [6.45, 7) is 4.61. The molecule has 0 radical (unpaired) electrons. The first kappa shape index (κ1) is 28.2. The van der Waals surface area contributed by atoms with Gasteiger partial charge in [0.25, 0.3) is 0 Å². The molecule has 37 heavy (non-hydrogen) atoms. The van der Waals surface area contributed by atoms with Crippen molar-refractivity contribution < 1.29 is 0 Å². The molecule has 0 heterocycles. The normalized spacial score (nSPS) is 22.1. The first-order chi connectivity index (χ1) is 18.3. The van der Waals surface area contributed by atoms with E-state index in [4.69, 9.17) is 0 Å². The average Bonchev–Trinajstić information content (AvgIpc) is 2.96. The number of rotatable bonds is 14. The van der Waals surface area contributed by atoms with Crippen LogP contribution in [0.5, 0.6) is 0 Å². The van der Waals surface area contributed by atoms with Gasteiger partial charge in [0.2, 0.25) is 0 Å². The molecule has 2 aliphatic rings. The van der Waals surface area contributed by atoms with Crippen LogP contribution in [0.1, 0.15) is 146 Å². The molecule has 0 aromatic heterocycles. The number of unbranched alkanes of at least 4 members (excludes halogenated alkanes) is 7. The SMILES string of the molecule is CCCCCCCCCC1CCC(c2ccc(-c3ccc(C4=CCC(CCCC)CC4)cc3)cc2)CC1. The molecule has 0 aliphatic heterocycles. The Hall–Kier alpha value is -1.82. The first-order valence-corrected chi connectivity index (χ1v) is 16.2. The summed E-state index contributed by atoms with van der Waals surface area (Å²) in [7, 11) is 0. The van der Waals surface area contributed by atoms with E-state index in [1.54, 1.807) is 11.1 Å². The second-order valence-corrected chi connectivity index (χ2v) is 12.3. The minimum Gasteiger partial charge on any atom is -0.0804 e. The number of benzene rings is 2. The summed E-state index contributed by atoms with van der Waals surface area (Å²) in [6, 6.07) is 19.0. The van der Waals surface area contributed by atoms with Gasteiger partial charge < -0.3 is 0 Å². The maximum atomic E-state index is 2.52. The van der Waals surface area contributed by atoms with E-state index >= 15 is 0 Å². The van der Waals surface area contributed by atoms with E-state index < -0.39 is 0 Å². The third-order valence-electron chi connectivity index (χ3n) is 9.52. The van der Waals surface area contributed by atoms with Gasteiger partial charge in [-0.15, -0.1) is 0 Å². The van der Waals surface area contributed by atoms with Crippen LogP contribution in [0, 0.1) is 11.8 Å². The second-order valence-electron chi connectivity index (χ2n) is 12.3. The fourth-order valence-electron chi connectivity index (χ4n) is 6.90. The molecule has 0 nitrogen and oxygen atoms in total. The van der Waals surface area contributed by atoms with Crippen molar-refractivity contribution in [1.29, 1.82) is 0 Å². The number of hydrogen-bond donors (Lipinski definition) is 0. The van der Waals surface area contributed by atoms with Crippen LogP contribution in [-0.2, 0) is 0 Å². The Morgan fingerprint density at radius 2 is 1.11 bits per heavy atom. The highest BCUT2D eigenvalue weighted by atomic mass is 14.3. The van der Waals surface area contributed by atoms with Gasteiger partial charge in [-0.25, -0.2) is 0 Å². The first-order valence-electron chi connectivity index (χ1n) is 16.2. The zero-order valence-electron chi connectivity index (χ0n) is 24.2. The Labute approximate surface area is 229 Å². The minimum absolute atomic E-state index is 0.779. The Morgan fingerprint density at radius 1 is 0.541 bits per heavy atom. The highest BCUT2D eigenvalue weighted by Crippen LogP contribution is 2.39. The van der Waals surface area contributed by atoms with Crippen LogP contribution in [0.3, 0.4) is 0 Å². The molecule has 4 rings (SSSR count). The molecule has 2 aromatic rings. The maximum absolute atomic E-state index is 2.52. The molecule has 0 saturated heterocycles. The molecular weight excluding hydrogens is 444 g/mol. The number of allylic oxidation sites excluding steroid dienone is 2. The van der Waals surface area contributed by atoms with Crippen LogP contribution in [0.15, 0.2) is 54.6 Å². The third-order valence-corrected chi connectivity index (χ3v) is 9.52. The molecule has 1 fully saturated rings. The average molecular weight is 499 g/mol. The van der Waals surface area contributed by atoms with Crippen molar-refractivity contribution in [2.24, 2.45) is 11.8 Å². The van der Waals surface area contributed by atoms with Crippen molar-refractivity contribution in [3.8, 4) is 11.1 Å². The van der Waals surface area contributed by atoms with Crippen molar-refractivity contribution in [1.82, 2.24) is 0 Å². The van der Waals surface area contributed by atoms with Gasteiger partial charge in [0.15, 0.2) is 0 Å². The van der Waals surface area contributed by atoms with Gasteiger partial charge in [0, 0.05) is 0 Å². The van der Waals surface area contributed by atoms with E-state index in [1.165, 1.54) is 132 Å². The fourth-order valence-corrected chi connectivity index (χ4v) is 6.90. The van der Waals surface area contributed by atoms with Crippen LogP contribution in [0.4, 0.5) is 0 Å². The summed E-state index contributed by atoms with van der Waals surface area (Å²) >= 11 is 0. The van der Waals surface area contributed by atoms with E-state index in [1.807, 2.05) is 0 Å². The molecule has 0 N–H and O–H groups in total. The van der Waals surface area contributed by atoms with Crippen LogP contribution in [0.25, 0.3) is 16.7 Å². The molecule has 2 aromatic carbocycles. The van der Waals surface area contributed by atoms with Crippen molar-refractivity contribution in [3.63, 3.8) is 0 Å². The Bertz CT molecular complexity index is 908. The predicted molar refractivity (Wildman–Crippen MR) is 164 cm³/mol. The lowest BCUT2D eigenvalue weighted by molar-refractivity contribution is 0.302. The van der Waals surface area contributed by atoms with Gasteiger partial charge in [-0.3, -0.25) is 0 Å². The van der Waals surface area contributed by atoms with E-state index in [0.29, 0.717) is 0 Å². The summed E-state index contributed by atoms with van der Waals surface area (Å²) in [5.41, 5.74) is 7.28. The maximum Gasteiger partial charge on any atom is -0.0162 e. The standard InChI is InChI=1S/C37H54/c1-3-5-7-8-9-10-11-13-31-16-20-33(21-17-31)35-24-28-37(29-25-35)36-26-22-34(23-27-36)32-18-14-30(15-19-32)12-6-4-2/h18,22-31,33H,3-17,19-21H2,1-2H3. The lowest BCUT2D eigenvalue weighted by Gasteiger charge is -2.29. The molecule has 202 valence electrons. The predicted octanol–water partition coefficient (Wildman–Crippen LogP) is 12.1. The van der Waals surface area contributed by atoms with E-state index in [-0.39, 0.29) is 0 Å². The highest BCUT2D eigenvalue weighted by molar-refractivity contribution is 5.71. The molecule has 1 saturated carbocycles. The molecule has 0 bridgehead atoms. The quantitative estimate of drug-likeness (QED) is 0.227. The minimum atomic E-state index is 0.779. The highest BCUT2D eigenvalue weighted by Gasteiger charge is 2.22. The lowest BCUT2D eigenvalue weighted by Crippen LogP contribution is -2.13. The fraction of sp³-hybridized carbons (Fsp3) is 0.622. The second kappa shape index (κ2) is 15.6. The summed E-state index contributed by atoms with van der Waals surface area (Å²) < 4.78 is 0. The molecule has 0 heteroatoms. The summed E-state index contributed by atoms with van der Waals surface area (Å²) in [5.74, 6) is 2.69. The van der Waals surface area contributed by atoms with Crippen LogP contribution < -0.4 is 0 Å². The van der Waals surface area contributed by atoms with Gasteiger partial charge in [0.1, 0.15) is 0 Å². The Kier molecular flexibility index (Phi) is 11.9. The van der Waals surface area contributed by atoms with E-state index in [0.717, 1.165) is 17.8 Å². The Balaban J connectivity index is 1.20. The molecule has 2 aliphatic carbocycles. The van der Waals surface area contributed by atoms with Crippen LogP contribution in [-0.4, -0.2) is 0 Å². The summed E-state index contributed by atoms with van der Waals surface area (Å²) in [5, 5.41) is 0. The number of hydrogen-bond acceptors (Lipinski definition) is 0. The zero-order chi connectivity index (χ0) is 25.7. The van der Waals surface area contributed by atoms with Gasteiger partial charge >= 0.3 is 0 Å². The van der Waals surface area contributed by atoms with Crippen LogP contribution >= 0.6 is 0 Å². The Morgan fingerprint density at radius 3 is 1.73 bits per heavy atom. The zero-order valence-corrected chi connectivity index (χ0v) is 24.2. The van der Waals surface area contributed by atoms with Crippen molar-refractivity contribution in [2.45, 2.75) is 135 Å². The topological polar surface area (TPSA) is 0 Å². The van der Waals surface area contributed by atoms with Gasteiger partial charge in [-0.2, -0.15) is 0 Å². The lowest BCUT2D eigenvalue weighted by atomic mass is 9.77. The summed E-state index contributed by atoms with van der Waals surface area (Å²) in [6.07, 6.45) is 27.8. The van der Waals surface area contributed by atoms with Gasteiger partial charge in [-0.1, -0.05) is 139 Å². The summed E-state index contributed by atoms with van der Waals surface area (Å²) in [4.78, 5) is 0. The van der Waals surface area contributed by atoms with Gasteiger partial charge in [-0.05, 0) is 90.5 Å². The van der Waals surface area contributed by atoms with Crippen molar-refractivity contribution in [2.75, 3.05) is 0 Å². The van der Waals surface area contributed by atoms with Crippen molar-refractivity contribution in [3.05, 3.63) is 65.7 Å². The molecule has 1 atom stereocenters. The molecule has 1 unspecified atom stereocenters. The third kappa shape index (κ3) is 8.87. The largest absolute Gasteiger partial charge is 0.0804 e. The molecule has 0 amide bonds.